The predicted molar refractivity (Wildman–Crippen MR) is 155 cm³/mol. The molecule has 5 rings (SSSR count). The molecule has 8 atom stereocenters. The Balaban J connectivity index is 1.58. The number of ether oxygens (including phenoxy) is 1. The second-order valence-corrected chi connectivity index (χ2v) is 16.5. The minimum atomic E-state index is -0.150. The number of hydrogen-bond acceptors (Lipinski definition) is 3. The quantitative estimate of drug-likeness (QED) is 0.201. The van der Waals surface area contributed by atoms with Gasteiger partial charge in [-0.25, -0.2) is 0 Å². The summed E-state index contributed by atoms with van der Waals surface area (Å²) < 4.78 is 5.94. The van der Waals surface area contributed by atoms with Crippen molar-refractivity contribution in [1.29, 1.82) is 0 Å². The lowest BCUT2D eigenvalue weighted by molar-refractivity contribution is -0.277. The Kier molecular flexibility index (Phi) is 6.67. The summed E-state index contributed by atoms with van der Waals surface area (Å²) in [5.74, 6) is 1.49. The largest absolute Gasteiger partial charge is 0.462 e. The van der Waals surface area contributed by atoms with E-state index in [1.54, 1.807) is 18.1 Å². The van der Waals surface area contributed by atoms with E-state index in [1.165, 1.54) is 32.1 Å². The molecule has 0 aromatic rings. The zero-order chi connectivity index (χ0) is 28.1. The number of hydrogen-bond donors (Lipinski definition) is 0. The fraction of sp³-hybridized carbons (Fsp3) is 0.882. The molecule has 5 aliphatic carbocycles. The molecule has 3 nitrogen and oxygen atoms in total. The van der Waals surface area contributed by atoms with Gasteiger partial charge in [0.2, 0.25) is 5.24 Å². The summed E-state index contributed by atoms with van der Waals surface area (Å²) in [6.07, 6.45) is 12.1. The fourth-order valence-electron chi connectivity index (χ4n) is 12.1. The topological polar surface area (TPSA) is 43.4 Å². The molecule has 0 aliphatic heterocycles. The maximum absolute atomic E-state index is 12.4. The Morgan fingerprint density at radius 2 is 1.50 bits per heavy atom. The van der Waals surface area contributed by atoms with Gasteiger partial charge in [-0.1, -0.05) is 66.5 Å². The van der Waals surface area contributed by atoms with E-state index in [-0.39, 0.29) is 49.8 Å². The monoisotopic (exact) mass is 544 g/mol. The molecule has 4 fully saturated rings. The lowest BCUT2D eigenvalue weighted by Crippen LogP contribution is -2.70. The van der Waals surface area contributed by atoms with Gasteiger partial charge in [0.15, 0.2) is 0 Å². The second-order valence-electron chi connectivity index (χ2n) is 16.0. The van der Waals surface area contributed by atoms with E-state index < -0.39 is 0 Å². The minimum Gasteiger partial charge on any atom is -0.462 e. The van der Waals surface area contributed by atoms with Crippen molar-refractivity contribution in [3.63, 3.8) is 0 Å². The van der Waals surface area contributed by atoms with E-state index in [1.807, 2.05) is 0 Å². The van der Waals surface area contributed by atoms with Gasteiger partial charge in [0.1, 0.15) is 6.10 Å². The van der Waals surface area contributed by atoms with Crippen LogP contribution in [0.5, 0.6) is 0 Å². The van der Waals surface area contributed by atoms with Crippen LogP contribution in [0.4, 0.5) is 0 Å². The molecule has 5 aliphatic rings. The summed E-state index contributed by atoms with van der Waals surface area (Å²) in [5.41, 5.74) is 4.14. The molecule has 0 saturated heterocycles. The van der Waals surface area contributed by atoms with Crippen LogP contribution in [-0.4, -0.2) is 17.3 Å². The highest BCUT2D eigenvalue weighted by Gasteiger charge is 2.74. The lowest BCUT2D eigenvalue weighted by atomic mass is 9.28. The van der Waals surface area contributed by atoms with E-state index in [4.69, 9.17) is 16.3 Å². The van der Waals surface area contributed by atoms with Crippen LogP contribution in [-0.2, 0) is 14.3 Å². The van der Waals surface area contributed by atoms with Crippen molar-refractivity contribution in [1.82, 2.24) is 0 Å². The highest BCUT2D eigenvalue weighted by atomic mass is 35.5. The van der Waals surface area contributed by atoms with E-state index in [2.05, 4.69) is 55.4 Å². The molecular formula is C34H53ClO3. The van der Waals surface area contributed by atoms with Gasteiger partial charge in [-0.2, -0.15) is 0 Å². The number of esters is 1. The molecule has 0 radical (unpaired) electrons. The average molecular weight is 545 g/mol. The Morgan fingerprint density at radius 1 is 0.868 bits per heavy atom. The lowest BCUT2D eigenvalue weighted by Gasteiger charge is -2.76. The Hall–Kier alpha value is -0.830. The highest BCUT2D eigenvalue weighted by molar-refractivity contribution is 6.63. The third-order valence-corrected chi connectivity index (χ3v) is 14.7. The van der Waals surface area contributed by atoms with Crippen molar-refractivity contribution in [3.8, 4) is 0 Å². The first-order valence-electron chi connectivity index (χ1n) is 15.6. The molecule has 0 amide bonds. The van der Waals surface area contributed by atoms with Crippen LogP contribution < -0.4 is 0 Å². The molecule has 0 aromatic carbocycles. The Bertz CT molecular complexity index is 1060. The van der Waals surface area contributed by atoms with E-state index in [9.17, 15) is 9.59 Å². The van der Waals surface area contributed by atoms with Crippen molar-refractivity contribution in [3.05, 3.63) is 11.1 Å². The molecule has 4 heteroatoms. The van der Waals surface area contributed by atoms with Crippen molar-refractivity contribution in [2.24, 2.45) is 50.2 Å². The summed E-state index contributed by atoms with van der Waals surface area (Å²) in [6, 6.07) is 0. The van der Waals surface area contributed by atoms with Gasteiger partial charge in [-0.15, -0.1) is 0 Å². The zero-order valence-electron chi connectivity index (χ0n) is 25.7. The SMILES string of the molecule is CC(=O)OC1CCC2(C)C(CCC3(C)C4(C)CCC5(CC(=O)Cl)CCC(C(C)C)=C5C4CCC23C)C1(C)C. The minimum absolute atomic E-state index is 0.00208. The average Bonchev–Trinajstić information content (AvgIpc) is 3.17. The maximum atomic E-state index is 12.4. The van der Waals surface area contributed by atoms with Crippen molar-refractivity contribution < 1.29 is 14.3 Å². The Morgan fingerprint density at radius 3 is 2.11 bits per heavy atom. The van der Waals surface area contributed by atoms with Gasteiger partial charge >= 0.3 is 5.97 Å². The summed E-state index contributed by atoms with van der Waals surface area (Å²) in [7, 11) is 0. The van der Waals surface area contributed by atoms with E-state index >= 15 is 0 Å². The third kappa shape index (κ3) is 3.51. The van der Waals surface area contributed by atoms with E-state index in [0.717, 1.165) is 32.1 Å². The molecular weight excluding hydrogens is 492 g/mol. The predicted octanol–water partition coefficient (Wildman–Crippen LogP) is 9.27. The number of carbonyl (C=O) groups excluding carboxylic acids is 2. The molecule has 4 saturated carbocycles. The van der Waals surface area contributed by atoms with E-state index in [0.29, 0.717) is 24.2 Å². The molecule has 0 bridgehead atoms. The van der Waals surface area contributed by atoms with Crippen LogP contribution in [0, 0.1) is 50.2 Å². The summed E-state index contributed by atoms with van der Waals surface area (Å²) in [6.45, 7) is 21.6. The first kappa shape index (κ1) is 28.7. The van der Waals surface area contributed by atoms with Crippen molar-refractivity contribution in [2.75, 3.05) is 0 Å². The number of halogens is 1. The van der Waals surface area contributed by atoms with Gasteiger partial charge in [-0.05, 0) is 115 Å². The van der Waals surface area contributed by atoms with Crippen LogP contribution >= 0.6 is 11.6 Å². The summed E-state index contributed by atoms with van der Waals surface area (Å²) in [5, 5.41) is -0.150. The number of carbonyl (C=O) groups is 2. The van der Waals surface area contributed by atoms with Gasteiger partial charge < -0.3 is 4.74 Å². The molecule has 0 spiro atoms. The maximum Gasteiger partial charge on any atom is 0.302 e. The van der Waals surface area contributed by atoms with Crippen LogP contribution in [0.1, 0.15) is 133 Å². The standard InChI is InChI=1S/C34H53ClO3/c1-21(2)23-10-17-34(20-27(35)37)19-18-30(6)24(28(23)34)11-15-33(9)31(7)14-13-26(38-22(3)36)29(4,5)25(31)12-16-32(30,33)8/h21,24-26H,10-20H2,1-9H3. The summed E-state index contributed by atoms with van der Waals surface area (Å²) >= 11 is 6.14. The van der Waals surface area contributed by atoms with Gasteiger partial charge in [0, 0.05) is 24.2 Å². The molecule has 0 heterocycles. The first-order valence-corrected chi connectivity index (χ1v) is 16.0. The number of rotatable bonds is 4. The first-order chi connectivity index (χ1) is 17.5. The van der Waals surface area contributed by atoms with Gasteiger partial charge in [0.05, 0.1) is 0 Å². The molecule has 38 heavy (non-hydrogen) atoms. The van der Waals surface area contributed by atoms with Gasteiger partial charge in [0.25, 0.3) is 0 Å². The van der Waals surface area contributed by atoms with Crippen molar-refractivity contribution in [2.45, 2.75) is 139 Å². The smallest absolute Gasteiger partial charge is 0.302 e. The molecule has 0 N–H and O–H groups in total. The molecule has 0 aromatic heterocycles. The zero-order valence-corrected chi connectivity index (χ0v) is 26.4. The third-order valence-electron chi connectivity index (χ3n) is 14.5. The van der Waals surface area contributed by atoms with Crippen LogP contribution in [0.15, 0.2) is 11.1 Å². The van der Waals surface area contributed by atoms with Crippen LogP contribution in [0.2, 0.25) is 0 Å². The van der Waals surface area contributed by atoms with Crippen LogP contribution in [0.25, 0.3) is 0 Å². The van der Waals surface area contributed by atoms with Crippen molar-refractivity contribution >= 4 is 22.8 Å². The van der Waals surface area contributed by atoms with Crippen LogP contribution in [0.3, 0.4) is 0 Å². The Labute approximate surface area is 237 Å². The fourth-order valence-corrected chi connectivity index (χ4v) is 12.4. The number of fused-ring (bicyclic) bond motifs is 7. The highest BCUT2D eigenvalue weighted by Crippen LogP contribution is 2.81. The second kappa shape index (κ2) is 8.83. The normalized spacial score (nSPS) is 47.6. The molecule has 214 valence electrons. The van der Waals surface area contributed by atoms with Gasteiger partial charge in [-0.3, -0.25) is 9.59 Å². The molecule has 8 unspecified atom stereocenters. The number of allylic oxidation sites excluding steroid dienone is 2. The summed E-state index contributed by atoms with van der Waals surface area (Å²) in [4.78, 5) is 24.4.